The maximum atomic E-state index is 5.47. The van der Waals surface area contributed by atoms with Gasteiger partial charge in [0.05, 0.1) is 17.1 Å². The maximum Gasteiger partial charge on any atom is 0.178 e. The largest absolute Gasteiger partial charge is 0.381 e. The minimum absolute atomic E-state index is 0.382. The molecule has 0 bridgehead atoms. The lowest BCUT2D eigenvalue weighted by Crippen LogP contribution is -2.08. The molecule has 1 aromatic heterocycles. The van der Waals surface area contributed by atoms with Crippen molar-refractivity contribution in [3.05, 3.63) is 28.5 Å². The van der Waals surface area contributed by atoms with E-state index in [2.05, 4.69) is 34.7 Å². The number of H-pyrrole nitrogens is 1. The molecule has 3 nitrogen and oxygen atoms in total. The SMILES string of the molecule is COC1CCC(n2c(=S)[nH]c3cc(C)ccc32)C1. The van der Waals surface area contributed by atoms with E-state index < -0.39 is 0 Å². The average molecular weight is 262 g/mol. The second-order valence-corrected chi connectivity index (χ2v) is 5.53. The van der Waals surface area contributed by atoms with Gasteiger partial charge in [-0.3, -0.25) is 0 Å². The zero-order valence-electron chi connectivity index (χ0n) is 10.8. The number of ether oxygens (including phenoxy) is 1. The number of imidazole rings is 1. The van der Waals surface area contributed by atoms with Crippen LogP contribution in [0, 0.1) is 11.7 Å². The molecule has 0 radical (unpaired) electrons. The number of hydrogen-bond acceptors (Lipinski definition) is 2. The van der Waals surface area contributed by atoms with Gasteiger partial charge < -0.3 is 14.3 Å². The first-order valence-electron chi connectivity index (χ1n) is 6.42. The number of nitrogens with zero attached hydrogens (tertiary/aromatic N) is 1. The average Bonchev–Trinajstić information content (AvgIpc) is 2.91. The monoisotopic (exact) mass is 262 g/mol. The van der Waals surface area contributed by atoms with Crippen molar-refractivity contribution in [1.82, 2.24) is 9.55 Å². The number of aromatic amines is 1. The molecule has 2 unspecified atom stereocenters. The molecule has 0 spiro atoms. The van der Waals surface area contributed by atoms with Crippen LogP contribution in [0.1, 0.15) is 30.9 Å². The van der Waals surface area contributed by atoms with Crippen LogP contribution in [0.15, 0.2) is 18.2 Å². The van der Waals surface area contributed by atoms with Gasteiger partial charge in [-0.2, -0.15) is 0 Å². The fourth-order valence-corrected chi connectivity index (χ4v) is 3.33. The first kappa shape index (κ1) is 11.9. The third kappa shape index (κ3) is 1.89. The summed E-state index contributed by atoms with van der Waals surface area (Å²) in [5, 5.41) is 0. The summed E-state index contributed by atoms with van der Waals surface area (Å²) in [7, 11) is 1.80. The predicted molar refractivity (Wildman–Crippen MR) is 75.5 cm³/mol. The fourth-order valence-electron chi connectivity index (χ4n) is 2.97. The van der Waals surface area contributed by atoms with E-state index in [-0.39, 0.29) is 0 Å². The zero-order valence-corrected chi connectivity index (χ0v) is 11.6. The third-order valence-corrected chi connectivity index (χ3v) is 4.23. The van der Waals surface area contributed by atoms with Crippen molar-refractivity contribution < 1.29 is 4.74 Å². The number of aromatic nitrogens is 2. The number of fused-ring (bicyclic) bond motifs is 1. The van der Waals surface area contributed by atoms with E-state index >= 15 is 0 Å². The molecule has 0 saturated heterocycles. The van der Waals surface area contributed by atoms with Crippen LogP contribution in [-0.2, 0) is 4.74 Å². The molecule has 1 fully saturated rings. The van der Waals surface area contributed by atoms with Gasteiger partial charge in [0.15, 0.2) is 4.77 Å². The van der Waals surface area contributed by atoms with Gasteiger partial charge in [-0.05, 0) is 56.1 Å². The van der Waals surface area contributed by atoms with Crippen LogP contribution < -0.4 is 0 Å². The van der Waals surface area contributed by atoms with E-state index in [1.165, 1.54) is 11.1 Å². The van der Waals surface area contributed by atoms with Crippen LogP contribution in [-0.4, -0.2) is 22.8 Å². The van der Waals surface area contributed by atoms with E-state index in [0.717, 1.165) is 29.6 Å². The Kier molecular flexibility index (Phi) is 2.99. The Balaban J connectivity index is 2.07. The highest BCUT2D eigenvalue weighted by molar-refractivity contribution is 7.71. The number of aryl methyl sites for hydroxylation is 1. The van der Waals surface area contributed by atoms with E-state index in [4.69, 9.17) is 17.0 Å². The standard InChI is InChI=1S/C14H18N2OS/c1-9-3-6-13-12(7-9)15-14(18)16(13)10-4-5-11(8-10)17-2/h3,6-7,10-11H,4-5,8H2,1-2H3,(H,15,18). The van der Waals surface area contributed by atoms with Crippen molar-refractivity contribution in [2.24, 2.45) is 0 Å². The highest BCUT2D eigenvalue weighted by Crippen LogP contribution is 2.34. The van der Waals surface area contributed by atoms with Gasteiger partial charge in [0, 0.05) is 13.2 Å². The van der Waals surface area contributed by atoms with Gasteiger partial charge >= 0.3 is 0 Å². The molecule has 2 atom stereocenters. The second-order valence-electron chi connectivity index (χ2n) is 5.15. The van der Waals surface area contributed by atoms with Crippen LogP contribution in [0.3, 0.4) is 0 Å². The first-order valence-corrected chi connectivity index (χ1v) is 6.83. The van der Waals surface area contributed by atoms with Crippen LogP contribution in [0.4, 0.5) is 0 Å². The quantitative estimate of drug-likeness (QED) is 0.835. The summed E-state index contributed by atoms with van der Waals surface area (Å²) in [6.07, 6.45) is 3.72. The summed E-state index contributed by atoms with van der Waals surface area (Å²) in [6, 6.07) is 6.94. The highest BCUT2D eigenvalue weighted by Gasteiger charge is 2.27. The van der Waals surface area contributed by atoms with Gasteiger partial charge in [-0.15, -0.1) is 0 Å². The summed E-state index contributed by atoms with van der Waals surface area (Å²) in [4.78, 5) is 3.31. The van der Waals surface area contributed by atoms with Gasteiger partial charge in [-0.25, -0.2) is 0 Å². The molecule has 3 rings (SSSR count). The molecule has 18 heavy (non-hydrogen) atoms. The molecule has 0 amide bonds. The molecule has 1 heterocycles. The van der Waals surface area contributed by atoms with Gasteiger partial charge in [-0.1, -0.05) is 6.07 Å². The number of hydrogen-bond donors (Lipinski definition) is 1. The Morgan fingerprint density at radius 3 is 2.94 bits per heavy atom. The second kappa shape index (κ2) is 4.52. The lowest BCUT2D eigenvalue weighted by molar-refractivity contribution is 0.106. The van der Waals surface area contributed by atoms with Crippen molar-refractivity contribution in [1.29, 1.82) is 0 Å². The summed E-state index contributed by atoms with van der Waals surface area (Å²) in [6.45, 7) is 2.10. The van der Waals surface area contributed by atoms with Gasteiger partial charge in [0.25, 0.3) is 0 Å². The van der Waals surface area contributed by atoms with Crippen LogP contribution in [0.2, 0.25) is 0 Å². The summed E-state index contributed by atoms with van der Waals surface area (Å²) in [5.74, 6) is 0. The Labute approximate surface area is 112 Å². The maximum absolute atomic E-state index is 5.47. The Morgan fingerprint density at radius 1 is 1.39 bits per heavy atom. The van der Waals surface area contributed by atoms with Crippen LogP contribution in [0.5, 0.6) is 0 Å². The van der Waals surface area contributed by atoms with Crippen molar-refractivity contribution >= 4 is 23.3 Å². The molecular formula is C14H18N2OS. The van der Waals surface area contributed by atoms with Crippen molar-refractivity contribution in [3.63, 3.8) is 0 Å². The van der Waals surface area contributed by atoms with E-state index in [9.17, 15) is 0 Å². The van der Waals surface area contributed by atoms with E-state index in [1.807, 2.05) is 0 Å². The molecule has 4 heteroatoms. The third-order valence-electron chi connectivity index (χ3n) is 3.93. The normalized spacial score (nSPS) is 23.9. The molecule has 1 aliphatic carbocycles. The first-order chi connectivity index (χ1) is 8.69. The minimum atomic E-state index is 0.382. The Morgan fingerprint density at radius 2 is 2.22 bits per heavy atom. The molecule has 96 valence electrons. The molecule has 1 saturated carbocycles. The van der Waals surface area contributed by atoms with Gasteiger partial charge in [0.1, 0.15) is 0 Å². The summed E-state index contributed by atoms with van der Waals surface area (Å²) in [5.41, 5.74) is 3.61. The fraction of sp³-hybridized carbons (Fsp3) is 0.500. The van der Waals surface area contributed by atoms with Crippen LogP contribution >= 0.6 is 12.2 Å². The van der Waals surface area contributed by atoms with Crippen LogP contribution in [0.25, 0.3) is 11.0 Å². The predicted octanol–water partition coefficient (Wildman–Crippen LogP) is 3.75. The number of methoxy groups -OCH3 is 1. The molecule has 2 aromatic rings. The van der Waals surface area contributed by atoms with Gasteiger partial charge in [0.2, 0.25) is 0 Å². The molecule has 1 aromatic carbocycles. The lowest BCUT2D eigenvalue weighted by atomic mass is 10.2. The molecule has 1 N–H and O–H groups in total. The number of nitrogens with one attached hydrogen (secondary N) is 1. The summed E-state index contributed by atoms with van der Waals surface area (Å²) < 4.78 is 8.55. The smallest absolute Gasteiger partial charge is 0.178 e. The minimum Gasteiger partial charge on any atom is -0.381 e. The highest BCUT2D eigenvalue weighted by atomic mass is 32.1. The Hall–Kier alpha value is -1.13. The van der Waals surface area contributed by atoms with Crippen molar-refractivity contribution in [2.75, 3.05) is 7.11 Å². The number of benzene rings is 1. The molecule has 0 aliphatic heterocycles. The number of rotatable bonds is 2. The molecular weight excluding hydrogens is 244 g/mol. The van der Waals surface area contributed by atoms with Crippen molar-refractivity contribution in [2.45, 2.75) is 38.3 Å². The summed E-state index contributed by atoms with van der Waals surface area (Å²) >= 11 is 5.47. The topological polar surface area (TPSA) is 29.9 Å². The zero-order chi connectivity index (χ0) is 12.7. The van der Waals surface area contributed by atoms with E-state index in [0.29, 0.717) is 12.1 Å². The van der Waals surface area contributed by atoms with E-state index in [1.54, 1.807) is 7.11 Å². The Bertz CT molecular complexity index is 628. The van der Waals surface area contributed by atoms with Crippen molar-refractivity contribution in [3.8, 4) is 0 Å². The lowest BCUT2D eigenvalue weighted by Gasteiger charge is -2.13. The molecule has 1 aliphatic rings.